The second-order valence-corrected chi connectivity index (χ2v) is 12.6. The summed E-state index contributed by atoms with van der Waals surface area (Å²) in [4.78, 5) is 28.9. The van der Waals surface area contributed by atoms with Crippen molar-refractivity contribution >= 4 is 13.3 Å². The van der Waals surface area contributed by atoms with Crippen molar-refractivity contribution in [2.24, 2.45) is 0 Å². The number of ether oxygens (including phenoxy) is 2. The van der Waals surface area contributed by atoms with E-state index in [9.17, 15) is 23.7 Å². The number of aliphatic hydroxyl groups excluding tert-OH is 1. The molecule has 0 aliphatic carbocycles. The number of aromatic nitrogens is 1. The van der Waals surface area contributed by atoms with Crippen LogP contribution >= 0.6 is 7.37 Å². The third kappa shape index (κ3) is 8.19. The average Bonchev–Trinajstić information content (AvgIpc) is 2.86. The van der Waals surface area contributed by atoms with Crippen LogP contribution in [0.1, 0.15) is 55.3 Å². The first kappa shape index (κ1) is 30.4. The summed E-state index contributed by atoms with van der Waals surface area (Å²) in [6.45, 7) is 9.92. The van der Waals surface area contributed by atoms with Gasteiger partial charge in [-0.25, -0.2) is 14.2 Å². The number of rotatable bonds is 11. The van der Waals surface area contributed by atoms with E-state index in [0.29, 0.717) is 23.2 Å². The Morgan fingerprint density at radius 1 is 1.08 bits per heavy atom. The molecule has 0 amide bonds. The van der Waals surface area contributed by atoms with Gasteiger partial charge in [0, 0.05) is 36.9 Å². The minimum Gasteiger partial charge on any atom is -0.481 e. The Morgan fingerprint density at radius 3 is 2.38 bits per heavy atom. The molecule has 2 atom stereocenters. The number of benzene rings is 2. The molecule has 0 saturated heterocycles. The lowest BCUT2D eigenvalue weighted by Crippen LogP contribution is -2.36. The molecule has 2 aromatic carbocycles. The highest BCUT2D eigenvalue weighted by Crippen LogP contribution is 2.40. The highest BCUT2D eigenvalue weighted by molar-refractivity contribution is 7.57. The Kier molecular flexibility index (Phi) is 10.0. The lowest BCUT2D eigenvalue weighted by molar-refractivity contribution is 0.0733. The van der Waals surface area contributed by atoms with Gasteiger partial charge in [0.2, 0.25) is 13.2 Å². The first-order chi connectivity index (χ1) is 18.3. The number of hydrogen-bond donors (Lipinski definition) is 2. The average molecular weight is 559 g/mol. The monoisotopic (exact) mass is 558 g/mol. The lowest BCUT2D eigenvalue weighted by Gasteiger charge is -2.31. The van der Waals surface area contributed by atoms with Gasteiger partial charge in [0.15, 0.2) is 0 Å². The minimum absolute atomic E-state index is 0.182. The minimum atomic E-state index is -3.45. The summed E-state index contributed by atoms with van der Waals surface area (Å²) in [6.07, 6.45) is -0.382. The zero-order valence-electron chi connectivity index (χ0n) is 23.1. The second-order valence-electron chi connectivity index (χ2n) is 10.1. The fourth-order valence-electron chi connectivity index (χ4n) is 4.39. The molecule has 0 spiro atoms. The van der Waals surface area contributed by atoms with Gasteiger partial charge < -0.3 is 19.5 Å². The third-order valence-electron chi connectivity index (χ3n) is 6.32. The van der Waals surface area contributed by atoms with Gasteiger partial charge >= 0.3 is 5.97 Å². The van der Waals surface area contributed by atoms with Gasteiger partial charge in [0.25, 0.3) is 0 Å². The molecule has 0 fully saturated rings. The van der Waals surface area contributed by atoms with Crippen molar-refractivity contribution < 1.29 is 33.2 Å². The topological polar surface area (TPSA) is 109 Å². The number of pyridine rings is 1. The second kappa shape index (κ2) is 12.8. The van der Waals surface area contributed by atoms with Gasteiger partial charge in [0.1, 0.15) is 11.6 Å². The number of aliphatic hydroxyl groups is 1. The van der Waals surface area contributed by atoms with E-state index in [0.717, 1.165) is 11.8 Å². The smallest absolute Gasteiger partial charge is 0.343 e. The van der Waals surface area contributed by atoms with E-state index in [4.69, 9.17) is 9.47 Å². The normalized spacial score (nSPS) is 13.9. The van der Waals surface area contributed by atoms with Crippen LogP contribution in [-0.2, 0) is 11.1 Å². The number of methoxy groups -OCH3 is 1. The molecule has 0 aliphatic heterocycles. The molecule has 3 aromatic rings. The molecule has 1 aromatic heterocycles. The molecule has 0 radical (unpaired) electrons. The number of esters is 1. The van der Waals surface area contributed by atoms with Crippen molar-refractivity contribution in [2.75, 3.05) is 19.9 Å². The Hall–Kier alpha value is -3.10. The summed E-state index contributed by atoms with van der Waals surface area (Å²) < 4.78 is 37.4. The van der Waals surface area contributed by atoms with E-state index in [1.54, 1.807) is 36.4 Å². The maximum Gasteiger partial charge on any atom is 0.343 e. The van der Waals surface area contributed by atoms with Gasteiger partial charge in [-0.2, -0.15) is 0 Å². The fraction of sp³-hybridized carbons (Fsp3) is 0.379. The van der Waals surface area contributed by atoms with E-state index in [1.807, 2.05) is 0 Å². The van der Waals surface area contributed by atoms with Crippen molar-refractivity contribution in [1.29, 1.82) is 0 Å². The van der Waals surface area contributed by atoms with E-state index >= 15 is 0 Å². The molecule has 0 bridgehead atoms. The van der Waals surface area contributed by atoms with Gasteiger partial charge in [-0.1, -0.05) is 18.2 Å². The van der Waals surface area contributed by atoms with Crippen LogP contribution < -0.4 is 9.47 Å². The van der Waals surface area contributed by atoms with Crippen LogP contribution in [0.4, 0.5) is 4.39 Å². The van der Waals surface area contributed by atoms with Crippen LogP contribution in [-0.4, -0.2) is 57.9 Å². The van der Waals surface area contributed by atoms with E-state index in [1.165, 1.54) is 25.9 Å². The molecule has 0 aliphatic rings. The first-order valence-corrected chi connectivity index (χ1v) is 15.0. The van der Waals surface area contributed by atoms with Crippen molar-refractivity contribution in [3.8, 4) is 22.8 Å². The number of halogens is 1. The summed E-state index contributed by atoms with van der Waals surface area (Å²) in [7, 11) is -1.99. The molecule has 3 rings (SSSR count). The lowest BCUT2D eigenvalue weighted by atomic mass is 9.96. The van der Waals surface area contributed by atoms with Crippen molar-refractivity contribution in [3.63, 3.8) is 0 Å². The SMILES string of the molecule is COc1cc(-c2ccc(C(=O)Oc3cccc([C@H](O)CP(C)(=O)O)c3)cc2CN(C(C)C)C(C)C)c(F)cn1. The van der Waals surface area contributed by atoms with Crippen molar-refractivity contribution in [2.45, 2.75) is 52.4 Å². The highest BCUT2D eigenvalue weighted by atomic mass is 31.2. The van der Waals surface area contributed by atoms with Gasteiger partial charge in [-0.15, -0.1) is 0 Å². The van der Waals surface area contributed by atoms with E-state index < -0.39 is 25.3 Å². The summed E-state index contributed by atoms with van der Waals surface area (Å²) in [5, 5.41) is 10.3. The van der Waals surface area contributed by atoms with Crippen LogP contribution in [0.2, 0.25) is 0 Å². The van der Waals surface area contributed by atoms with Crippen LogP contribution in [0.3, 0.4) is 0 Å². The van der Waals surface area contributed by atoms with Crippen molar-refractivity contribution in [3.05, 3.63) is 77.2 Å². The predicted octanol–water partition coefficient (Wildman–Crippen LogP) is 5.67. The van der Waals surface area contributed by atoms with Crippen LogP contribution in [0.5, 0.6) is 11.6 Å². The standard InChI is InChI=1S/C29H36FN2O6P/c1-18(2)32(19(3)4)16-22-12-21(10-11-24(22)25-14-28(37-5)31-15-26(25)30)29(34)38-23-9-7-8-20(13-23)27(33)17-39(6,35)36/h7-15,18-19,27,33H,16-17H2,1-6H3,(H,35,36)/t27-/m1/s1. The fourth-order valence-corrected chi connectivity index (χ4v) is 5.24. The third-order valence-corrected chi connectivity index (χ3v) is 7.34. The van der Waals surface area contributed by atoms with E-state index in [-0.39, 0.29) is 35.4 Å². The quantitative estimate of drug-likeness (QED) is 0.176. The Balaban J connectivity index is 1.98. The maximum absolute atomic E-state index is 14.9. The molecular weight excluding hydrogens is 522 g/mol. The molecule has 8 nitrogen and oxygen atoms in total. The molecule has 1 unspecified atom stereocenters. The number of carbonyl (C=O) groups excluding carboxylic acids is 1. The zero-order chi connectivity index (χ0) is 28.9. The molecule has 0 saturated carbocycles. The van der Waals surface area contributed by atoms with Crippen LogP contribution in [0.25, 0.3) is 11.1 Å². The van der Waals surface area contributed by atoms with Crippen molar-refractivity contribution in [1.82, 2.24) is 9.88 Å². The maximum atomic E-state index is 14.9. The van der Waals surface area contributed by atoms with Gasteiger partial charge in [-0.3, -0.25) is 9.46 Å². The van der Waals surface area contributed by atoms with Crippen LogP contribution in [0.15, 0.2) is 54.7 Å². The Morgan fingerprint density at radius 2 is 1.77 bits per heavy atom. The largest absolute Gasteiger partial charge is 0.481 e. The van der Waals surface area contributed by atoms with Gasteiger partial charge in [-0.05, 0) is 68.7 Å². The number of hydrogen-bond acceptors (Lipinski definition) is 7. The zero-order valence-corrected chi connectivity index (χ0v) is 24.0. The molecule has 210 valence electrons. The Bertz CT molecular complexity index is 1350. The summed E-state index contributed by atoms with van der Waals surface area (Å²) in [5.41, 5.74) is 2.27. The summed E-state index contributed by atoms with van der Waals surface area (Å²) in [5.74, 6) is -0.691. The predicted molar refractivity (Wildman–Crippen MR) is 149 cm³/mol. The summed E-state index contributed by atoms with van der Waals surface area (Å²) in [6, 6.07) is 13.1. The molecule has 10 heteroatoms. The van der Waals surface area contributed by atoms with E-state index in [2.05, 4.69) is 37.6 Å². The van der Waals surface area contributed by atoms with Crippen LogP contribution in [0, 0.1) is 5.82 Å². The number of nitrogens with zero attached hydrogens (tertiary/aromatic N) is 2. The first-order valence-electron chi connectivity index (χ1n) is 12.7. The molecular formula is C29H36FN2O6P. The highest BCUT2D eigenvalue weighted by Gasteiger charge is 2.22. The number of carbonyl (C=O) groups is 1. The Labute approximate surface area is 228 Å². The molecule has 1 heterocycles. The summed E-state index contributed by atoms with van der Waals surface area (Å²) >= 11 is 0. The van der Waals surface area contributed by atoms with Gasteiger partial charge in [0.05, 0.1) is 31.1 Å². The molecule has 2 N–H and O–H groups in total. The molecule has 39 heavy (non-hydrogen) atoms.